The van der Waals surface area contributed by atoms with Crippen molar-refractivity contribution in [1.82, 2.24) is 5.32 Å². The van der Waals surface area contributed by atoms with Gasteiger partial charge in [-0.25, -0.2) is 0 Å². The van der Waals surface area contributed by atoms with Gasteiger partial charge in [0.15, 0.2) is 0 Å². The molecule has 1 saturated heterocycles. The Morgan fingerprint density at radius 1 is 1.32 bits per heavy atom. The van der Waals surface area contributed by atoms with Gasteiger partial charge in [-0.05, 0) is 35.7 Å². The molecule has 1 fully saturated rings. The van der Waals surface area contributed by atoms with E-state index in [2.05, 4.69) is 34.3 Å². The maximum Gasteiger partial charge on any atom is 0.0351 e. The van der Waals surface area contributed by atoms with Crippen LogP contribution in [0.1, 0.15) is 17.7 Å². The van der Waals surface area contributed by atoms with Crippen molar-refractivity contribution in [2.45, 2.75) is 25.4 Å². The molecular formula is C14H17NOS3. The fourth-order valence-electron chi connectivity index (χ4n) is 2.29. The van der Waals surface area contributed by atoms with Crippen LogP contribution in [0.5, 0.6) is 0 Å². The summed E-state index contributed by atoms with van der Waals surface area (Å²) in [4.78, 5) is 2.73. The summed E-state index contributed by atoms with van der Waals surface area (Å²) >= 11 is 3.61. The highest BCUT2D eigenvalue weighted by molar-refractivity contribution is 7.85. The van der Waals surface area contributed by atoms with Gasteiger partial charge in [0.2, 0.25) is 0 Å². The third-order valence-electron chi connectivity index (χ3n) is 3.41. The maximum atomic E-state index is 11.3. The second-order valence-corrected chi connectivity index (χ2v) is 8.42. The van der Waals surface area contributed by atoms with E-state index in [0.29, 0.717) is 6.04 Å². The van der Waals surface area contributed by atoms with E-state index in [4.69, 9.17) is 0 Å². The van der Waals surface area contributed by atoms with Gasteiger partial charge >= 0.3 is 0 Å². The Balaban J connectivity index is 1.55. The Labute approximate surface area is 124 Å². The molecule has 1 aliphatic heterocycles. The summed E-state index contributed by atoms with van der Waals surface area (Å²) in [6, 6.07) is 7.09. The first-order chi connectivity index (χ1) is 9.31. The molecular weight excluding hydrogens is 294 g/mol. The summed E-state index contributed by atoms with van der Waals surface area (Å²) in [5, 5.41) is 7.95. The van der Waals surface area contributed by atoms with Gasteiger partial charge in [0.05, 0.1) is 0 Å². The van der Waals surface area contributed by atoms with Gasteiger partial charge in [-0.15, -0.1) is 22.7 Å². The lowest BCUT2D eigenvalue weighted by molar-refractivity contribution is 0.477. The minimum atomic E-state index is -0.561. The minimum Gasteiger partial charge on any atom is -0.309 e. The fourth-order valence-corrected chi connectivity index (χ4v) is 5.21. The van der Waals surface area contributed by atoms with Gasteiger partial charge in [0.1, 0.15) is 0 Å². The third-order valence-corrected chi connectivity index (χ3v) is 6.65. The van der Waals surface area contributed by atoms with Gasteiger partial charge in [0.25, 0.3) is 0 Å². The Morgan fingerprint density at radius 2 is 2.16 bits per heavy atom. The molecule has 0 radical (unpaired) electrons. The summed E-state index contributed by atoms with van der Waals surface area (Å²) < 4.78 is 11.3. The predicted molar refractivity (Wildman–Crippen MR) is 85.4 cm³/mol. The zero-order valence-electron chi connectivity index (χ0n) is 10.6. The second kappa shape index (κ2) is 6.31. The van der Waals surface area contributed by atoms with Crippen molar-refractivity contribution < 1.29 is 4.21 Å². The number of thiophene rings is 2. The van der Waals surface area contributed by atoms with Crippen molar-refractivity contribution in [2.75, 3.05) is 11.5 Å². The number of nitrogens with one attached hydrogen (secondary N) is 1. The highest BCUT2D eigenvalue weighted by Crippen LogP contribution is 2.29. The quantitative estimate of drug-likeness (QED) is 0.936. The van der Waals surface area contributed by atoms with Crippen molar-refractivity contribution >= 4 is 33.5 Å². The van der Waals surface area contributed by atoms with Crippen LogP contribution in [-0.4, -0.2) is 21.8 Å². The summed E-state index contributed by atoms with van der Waals surface area (Å²) in [7, 11) is -0.561. The van der Waals surface area contributed by atoms with Gasteiger partial charge in [0, 0.05) is 50.2 Å². The number of hydrogen-bond acceptors (Lipinski definition) is 4. The highest BCUT2D eigenvalue weighted by atomic mass is 32.2. The molecule has 0 saturated carbocycles. The van der Waals surface area contributed by atoms with E-state index in [1.54, 1.807) is 11.3 Å². The summed E-state index contributed by atoms with van der Waals surface area (Å²) in [6.45, 7) is 0.938. The van der Waals surface area contributed by atoms with Crippen molar-refractivity contribution in [3.63, 3.8) is 0 Å². The normalized spacial score (nSPS) is 23.6. The molecule has 2 nitrogen and oxygen atoms in total. The Bertz CT molecular complexity index is 537. The van der Waals surface area contributed by atoms with Crippen molar-refractivity contribution in [3.8, 4) is 10.4 Å². The summed E-state index contributed by atoms with van der Waals surface area (Å²) in [6.07, 6.45) is 2.10. The lowest BCUT2D eigenvalue weighted by Crippen LogP contribution is -2.35. The summed E-state index contributed by atoms with van der Waals surface area (Å²) in [5.41, 5.74) is 1.33. The van der Waals surface area contributed by atoms with Crippen LogP contribution in [0.4, 0.5) is 0 Å². The van der Waals surface area contributed by atoms with Crippen LogP contribution in [0, 0.1) is 0 Å². The van der Waals surface area contributed by atoms with Crippen LogP contribution >= 0.6 is 22.7 Å². The molecule has 19 heavy (non-hydrogen) atoms. The van der Waals surface area contributed by atoms with Crippen molar-refractivity contribution in [2.24, 2.45) is 0 Å². The first-order valence-corrected chi connectivity index (χ1v) is 9.75. The van der Waals surface area contributed by atoms with Crippen LogP contribution < -0.4 is 5.32 Å². The largest absolute Gasteiger partial charge is 0.309 e. The molecule has 0 unspecified atom stereocenters. The van der Waals surface area contributed by atoms with Crippen molar-refractivity contribution in [3.05, 3.63) is 33.8 Å². The van der Waals surface area contributed by atoms with Crippen molar-refractivity contribution in [1.29, 1.82) is 0 Å². The molecule has 1 aliphatic rings. The Kier molecular flexibility index (Phi) is 4.48. The SMILES string of the molecule is O=S1CCC(NCc2cc(-c3cccs3)cs2)CC1. The van der Waals surface area contributed by atoms with E-state index in [9.17, 15) is 4.21 Å². The molecule has 0 spiro atoms. The molecule has 2 aromatic heterocycles. The lowest BCUT2D eigenvalue weighted by atomic mass is 10.1. The third kappa shape index (κ3) is 3.54. The van der Waals surface area contributed by atoms with E-state index >= 15 is 0 Å². The van der Waals surface area contributed by atoms with Gasteiger partial charge < -0.3 is 5.32 Å². The van der Waals surface area contributed by atoms with Crippen LogP contribution in [-0.2, 0) is 17.3 Å². The number of hydrogen-bond donors (Lipinski definition) is 1. The molecule has 2 aromatic rings. The molecule has 0 aromatic carbocycles. The van der Waals surface area contributed by atoms with E-state index in [0.717, 1.165) is 30.9 Å². The molecule has 3 rings (SSSR count). The molecule has 3 heterocycles. The van der Waals surface area contributed by atoms with Crippen LogP contribution in [0.2, 0.25) is 0 Å². The smallest absolute Gasteiger partial charge is 0.0351 e. The van der Waals surface area contributed by atoms with Crippen LogP contribution in [0.3, 0.4) is 0 Å². The average molecular weight is 311 g/mol. The first-order valence-electron chi connectivity index (χ1n) is 6.51. The van der Waals surface area contributed by atoms with Gasteiger partial charge in [-0.3, -0.25) is 4.21 Å². The Hall–Kier alpha value is -0.490. The molecule has 0 amide bonds. The monoisotopic (exact) mass is 311 g/mol. The fraction of sp³-hybridized carbons (Fsp3) is 0.429. The first kappa shape index (κ1) is 13.5. The van der Waals surface area contributed by atoms with E-state index < -0.39 is 10.8 Å². The van der Waals surface area contributed by atoms with E-state index in [1.165, 1.54) is 15.3 Å². The molecule has 5 heteroatoms. The molecule has 0 atom stereocenters. The maximum absolute atomic E-state index is 11.3. The van der Waals surface area contributed by atoms with E-state index in [1.807, 2.05) is 11.3 Å². The summed E-state index contributed by atoms with van der Waals surface area (Å²) in [5.74, 6) is 1.73. The molecule has 0 aliphatic carbocycles. The second-order valence-electron chi connectivity index (χ2n) is 4.78. The zero-order valence-corrected chi connectivity index (χ0v) is 13.1. The Morgan fingerprint density at radius 3 is 2.89 bits per heavy atom. The van der Waals surface area contributed by atoms with Crippen LogP contribution in [0.25, 0.3) is 10.4 Å². The average Bonchev–Trinajstić information content (AvgIpc) is 3.09. The van der Waals surface area contributed by atoms with Gasteiger partial charge in [-0.2, -0.15) is 0 Å². The minimum absolute atomic E-state index is 0.546. The topological polar surface area (TPSA) is 29.1 Å². The standard InChI is InChI=1S/C14H17NOS3/c16-19-6-3-12(4-7-19)15-9-13-8-11(10-18-13)14-2-1-5-17-14/h1-2,5,8,10,12,15H,3-4,6-7,9H2. The molecule has 0 bridgehead atoms. The lowest BCUT2D eigenvalue weighted by Gasteiger charge is -2.22. The molecule has 102 valence electrons. The highest BCUT2D eigenvalue weighted by Gasteiger charge is 2.17. The molecule has 1 N–H and O–H groups in total. The zero-order chi connectivity index (χ0) is 13.1. The number of rotatable bonds is 4. The van der Waals surface area contributed by atoms with Gasteiger partial charge in [-0.1, -0.05) is 6.07 Å². The van der Waals surface area contributed by atoms with E-state index in [-0.39, 0.29) is 0 Å². The predicted octanol–water partition coefficient (Wildman–Crippen LogP) is 3.48. The van der Waals surface area contributed by atoms with Crippen LogP contribution in [0.15, 0.2) is 29.0 Å².